The third-order valence-corrected chi connectivity index (χ3v) is 17.2. The molecule has 5 atom stereocenters. The number of nitrogens with zero attached hydrogens (tertiary/aromatic N) is 1. The van der Waals surface area contributed by atoms with Gasteiger partial charge < -0.3 is 9.16 Å². The van der Waals surface area contributed by atoms with E-state index < -0.39 is 25.8 Å². The summed E-state index contributed by atoms with van der Waals surface area (Å²) in [5.74, 6) is 0.625. The molecular weight excluding hydrogens is 575 g/mol. The second kappa shape index (κ2) is 11.8. The zero-order valence-electron chi connectivity index (χ0n) is 28.1. The maximum atomic E-state index is 14.4. The number of benzene rings is 3. The normalized spacial score (nSPS) is 25.7. The zero-order valence-corrected chi connectivity index (χ0v) is 29.1. The number of hydrogen-bond acceptors (Lipinski definition) is 4. The van der Waals surface area contributed by atoms with Gasteiger partial charge in [-0.3, -0.25) is 14.5 Å². The summed E-state index contributed by atoms with van der Waals surface area (Å²) in [6.45, 7) is 18.3. The van der Waals surface area contributed by atoms with Gasteiger partial charge in [0.05, 0.1) is 18.4 Å². The molecule has 0 N–H and O–H groups in total. The van der Waals surface area contributed by atoms with Crippen molar-refractivity contribution in [3.63, 3.8) is 0 Å². The van der Waals surface area contributed by atoms with Crippen molar-refractivity contribution < 1.29 is 18.8 Å². The van der Waals surface area contributed by atoms with Crippen molar-refractivity contribution in [2.45, 2.75) is 102 Å². The molecule has 0 bridgehead atoms. The molecule has 6 heteroatoms. The van der Waals surface area contributed by atoms with Crippen LogP contribution in [0.2, 0.25) is 16.6 Å². The van der Waals surface area contributed by atoms with Gasteiger partial charge in [-0.1, -0.05) is 108 Å². The van der Waals surface area contributed by atoms with Crippen molar-refractivity contribution in [1.82, 2.24) is 4.90 Å². The van der Waals surface area contributed by atoms with E-state index in [1.165, 1.54) is 4.90 Å². The first-order valence-electron chi connectivity index (χ1n) is 16.8. The highest BCUT2D eigenvalue weighted by Gasteiger charge is 2.64. The molecule has 1 saturated carbocycles. The van der Waals surface area contributed by atoms with Crippen LogP contribution >= 0.6 is 0 Å². The first-order valence-corrected chi connectivity index (χ1v) is 19.0. The van der Waals surface area contributed by atoms with E-state index >= 15 is 0 Å². The summed E-state index contributed by atoms with van der Waals surface area (Å²) in [4.78, 5) is 30.2. The number of likely N-dealkylation sites (tertiary alicyclic amines) is 1. The lowest BCUT2D eigenvalue weighted by Crippen LogP contribution is -2.54. The average molecular weight is 624 g/mol. The number of amides is 2. The lowest BCUT2D eigenvalue weighted by molar-refractivity contribution is -0.142. The van der Waals surface area contributed by atoms with Crippen LogP contribution in [0, 0.1) is 17.8 Å². The minimum atomic E-state index is -2.16. The van der Waals surface area contributed by atoms with E-state index in [9.17, 15) is 9.59 Å². The maximum absolute atomic E-state index is 14.4. The molecule has 1 aliphatic carbocycles. The number of imide groups is 1. The molecule has 2 aliphatic heterocycles. The highest BCUT2D eigenvalue weighted by Crippen LogP contribution is 2.61. The van der Waals surface area contributed by atoms with Crippen LogP contribution in [0.5, 0.6) is 11.5 Å². The maximum Gasteiger partial charge on any atom is 0.258 e. The Morgan fingerprint density at radius 2 is 1.38 bits per heavy atom. The molecule has 5 nitrogen and oxygen atoms in total. The van der Waals surface area contributed by atoms with Gasteiger partial charge in [-0.15, -0.1) is 0 Å². The molecule has 2 heterocycles. The molecule has 2 amide bonds. The molecule has 6 rings (SSSR count). The Balaban J connectivity index is 1.42. The average Bonchev–Trinajstić information content (AvgIpc) is 3.24. The predicted molar refractivity (Wildman–Crippen MR) is 182 cm³/mol. The summed E-state index contributed by atoms with van der Waals surface area (Å²) in [6.07, 6.45) is 0.788. The van der Waals surface area contributed by atoms with E-state index in [-0.39, 0.29) is 29.6 Å². The van der Waals surface area contributed by atoms with Crippen LogP contribution < -0.4 is 9.16 Å². The van der Waals surface area contributed by atoms with Gasteiger partial charge in [0.1, 0.15) is 17.1 Å². The Morgan fingerprint density at radius 3 is 1.98 bits per heavy atom. The predicted octanol–water partition coefficient (Wildman–Crippen LogP) is 9.10. The van der Waals surface area contributed by atoms with Crippen LogP contribution in [0.15, 0.2) is 78.9 Å². The quantitative estimate of drug-likeness (QED) is 0.186. The van der Waals surface area contributed by atoms with Crippen LogP contribution in [0.3, 0.4) is 0 Å². The molecule has 0 radical (unpaired) electrons. The third kappa shape index (κ3) is 5.23. The molecule has 0 aromatic heterocycles. The first-order chi connectivity index (χ1) is 21.4. The van der Waals surface area contributed by atoms with E-state index in [4.69, 9.17) is 9.16 Å². The minimum Gasteiger partial charge on any atom is -0.543 e. The fraction of sp³-hybridized carbons (Fsp3) is 0.487. The summed E-state index contributed by atoms with van der Waals surface area (Å²) in [5.41, 5.74) is 3.94. The van der Waals surface area contributed by atoms with Crippen molar-refractivity contribution >= 4 is 20.1 Å². The number of carbonyl (C=O) groups excluding carboxylic acids is 2. The SMILES string of the molecule is CC(C)[Si](Oc1ccc2c(c1)OC(C)(C)[C@H]1[C@H]3C(=O)N(Cc4ccccc4)C(=O)[C@H]3[C@@H](c3ccccc3)C[C@@H]21)(C(C)C)C(C)C. The molecular formula is C39H49NO4Si. The Labute approximate surface area is 270 Å². The van der Waals surface area contributed by atoms with Crippen molar-refractivity contribution in [1.29, 1.82) is 0 Å². The fourth-order valence-corrected chi connectivity index (χ4v) is 14.7. The van der Waals surface area contributed by atoms with Crippen molar-refractivity contribution in [2.24, 2.45) is 17.8 Å². The van der Waals surface area contributed by atoms with E-state index in [0.717, 1.165) is 34.6 Å². The lowest BCUT2D eigenvalue weighted by Gasteiger charge is -2.52. The summed E-state index contributed by atoms with van der Waals surface area (Å²) in [6, 6.07) is 26.6. The van der Waals surface area contributed by atoms with Crippen molar-refractivity contribution in [2.75, 3.05) is 0 Å². The highest BCUT2D eigenvalue weighted by molar-refractivity contribution is 6.78. The van der Waals surface area contributed by atoms with Gasteiger partial charge >= 0.3 is 0 Å². The van der Waals surface area contributed by atoms with Gasteiger partial charge in [-0.2, -0.15) is 0 Å². The van der Waals surface area contributed by atoms with Gasteiger partial charge in [0.25, 0.3) is 8.32 Å². The topological polar surface area (TPSA) is 55.8 Å². The molecule has 3 aromatic carbocycles. The monoisotopic (exact) mass is 623 g/mol. The van der Waals surface area contributed by atoms with Gasteiger partial charge in [0, 0.05) is 12.0 Å². The van der Waals surface area contributed by atoms with Gasteiger partial charge in [0.15, 0.2) is 0 Å². The van der Waals surface area contributed by atoms with Gasteiger partial charge in [-0.05, 0) is 71.5 Å². The van der Waals surface area contributed by atoms with Crippen LogP contribution in [0.25, 0.3) is 0 Å². The standard InChI is InChI=1S/C39H49NO4Si/c1-24(2)45(25(3)4,26(5)6)44-29-19-20-30-32-22-31(28-17-13-10-14-18-28)34-35(36(32)39(7,8)43-33(30)21-29)38(42)40(37(34)41)23-27-15-11-9-12-16-27/h9-21,24-26,31-32,34-36H,22-23H2,1-8H3/t31-,32+,34+,35+,36-/m1/s1. The molecule has 1 saturated heterocycles. The summed E-state index contributed by atoms with van der Waals surface area (Å²) < 4.78 is 13.9. The summed E-state index contributed by atoms with van der Waals surface area (Å²) in [5, 5.41) is 0. The Morgan fingerprint density at radius 1 is 0.800 bits per heavy atom. The Hall–Kier alpha value is -3.38. The number of hydrogen-bond donors (Lipinski definition) is 0. The molecule has 3 aromatic rings. The summed E-state index contributed by atoms with van der Waals surface area (Å²) >= 11 is 0. The van der Waals surface area contributed by atoms with Gasteiger partial charge in [0.2, 0.25) is 11.8 Å². The van der Waals surface area contributed by atoms with Crippen LogP contribution in [0.4, 0.5) is 0 Å². The number of ether oxygens (including phenoxy) is 1. The molecule has 45 heavy (non-hydrogen) atoms. The van der Waals surface area contributed by atoms with E-state index in [2.05, 4.69) is 85.7 Å². The second-order valence-electron chi connectivity index (χ2n) is 15.0. The number of fused-ring (bicyclic) bond motifs is 5. The first kappa shape index (κ1) is 31.6. The van der Waals surface area contributed by atoms with E-state index in [1.54, 1.807) is 0 Å². The number of rotatable bonds is 8. The molecule has 238 valence electrons. The van der Waals surface area contributed by atoms with Gasteiger partial charge in [-0.25, -0.2) is 0 Å². The highest BCUT2D eigenvalue weighted by atomic mass is 28.4. The van der Waals surface area contributed by atoms with Crippen LogP contribution in [-0.4, -0.2) is 30.6 Å². The van der Waals surface area contributed by atoms with Crippen molar-refractivity contribution in [3.05, 3.63) is 95.6 Å². The number of carbonyl (C=O) groups is 2. The molecule has 2 fully saturated rings. The largest absolute Gasteiger partial charge is 0.543 e. The fourth-order valence-electron chi connectivity index (χ4n) is 9.48. The molecule has 0 spiro atoms. The smallest absolute Gasteiger partial charge is 0.258 e. The lowest BCUT2D eigenvalue weighted by atomic mass is 9.55. The van der Waals surface area contributed by atoms with Crippen LogP contribution in [0.1, 0.15) is 90.3 Å². The van der Waals surface area contributed by atoms with Crippen LogP contribution in [-0.2, 0) is 16.1 Å². The second-order valence-corrected chi connectivity index (χ2v) is 20.4. The van der Waals surface area contributed by atoms with E-state index in [0.29, 0.717) is 23.2 Å². The third-order valence-electron chi connectivity index (χ3n) is 11.2. The molecule has 0 unspecified atom stereocenters. The zero-order chi connectivity index (χ0) is 32.3. The Kier molecular flexibility index (Phi) is 8.26. The van der Waals surface area contributed by atoms with E-state index in [1.807, 2.05) is 48.5 Å². The Bertz CT molecular complexity index is 1530. The summed E-state index contributed by atoms with van der Waals surface area (Å²) in [7, 11) is -2.16. The minimum absolute atomic E-state index is 0.0520. The van der Waals surface area contributed by atoms with Crippen molar-refractivity contribution in [3.8, 4) is 11.5 Å². The molecule has 3 aliphatic rings.